The minimum Gasteiger partial charge on any atom is -0.477 e. The van der Waals surface area contributed by atoms with E-state index in [-0.39, 0.29) is 4.88 Å². The predicted molar refractivity (Wildman–Crippen MR) is 74.1 cm³/mol. The summed E-state index contributed by atoms with van der Waals surface area (Å²) in [5, 5.41) is 18.2. The molecule has 1 heterocycles. The molecule has 0 amide bonds. The van der Waals surface area contributed by atoms with Crippen LogP contribution < -0.4 is 0 Å². The third-order valence-electron chi connectivity index (χ3n) is 2.23. The highest BCUT2D eigenvalue weighted by atomic mass is 35.5. The van der Waals surface area contributed by atoms with Gasteiger partial charge in [0.1, 0.15) is 4.88 Å². The molecule has 2 rings (SSSR count). The molecule has 1 aromatic heterocycles. The molecule has 4 nitrogen and oxygen atoms in total. The first-order valence-electron chi connectivity index (χ1n) is 5.09. The molecule has 0 saturated heterocycles. The van der Waals surface area contributed by atoms with Gasteiger partial charge in [-0.25, -0.2) is 9.78 Å². The third kappa shape index (κ3) is 3.07. The highest BCUT2D eigenvalue weighted by Gasteiger charge is 2.15. The molecule has 0 radical (unpaired) electrons. The Bertz CT molecular complexity index is 692. The fourth-order valence-corrected chi connectivity index (χ4v) is 3.64. The molecule has 0 bridgehead atoms. The van der Waals surface area contributed by atoms with Crippen molar-refractivity contribution in [2.75, 3.05) is 0 Å². The molecule has 0 saturated carbocycles. The van der Waals surface area contributed by atoms with E-state index in [1.54, 1.807) is 25.1 Å². The minimum atomic E-state index is -0.979. The van der Waals surface area contributed by atoms with Crippen LogP contribution in [0.2, 0.25) is 5.02 Å². The lowest BCUT2D eigenvalue weighted by atomic mass is 10.2. The van der Waals surface area contributed by atoms with E-state index in [1.807, 2.05) is 6.07 Å². The molecular weight excluding hydrogens is 304 g/mol. The van der Waals surface area contributed by atoms with E-state index >= 15 is 0 Å². The monoisotopic (exact) mass is 310 g/mol. The molecule has 7 heteroatoms. The first-order valence-corrected chi connectivity index (χ1v) is 7.10. The molecule has 1 aromatic carbocycles. The van der Waals surface area contributed by atoms with Gasteiger partial charge in [0.15, 0.2) is 4.34 Å². The van der Waals surface area contributed by atoms with Gasteiger partial charge < -0.3 is 5.11 Å². The van der Waals surface area contributed by atoms with E-state index in [0.717, 1.165) is 16.2 Å². The smallest absolute Gasteiger partial charge is 0.347 e. The maximum atomic E-state index is 10.9. The van der Waals surface area contributed by atoms with Gasteiger partial charge >= 0.3 is 5.97 Å². The van der Waals surface area contributed by atoms with Crippen LogP contribution in [0.5, 0.6) is 0 Å². The molecule has 0 aliphatic carbocycles. The summed E-state index contributed by atoms with van der Waals surface area (Å²) in [6, 6.07) is 6.96. The highest BCUT2D eigenvalue weighted by molar-refractivity contribution is 8.01. The first-order chi connectivity index (χ1) is 9.01. The van der Waals surface area contributed by atoms with E-state index in [9.17, 15) is 4.79 Å². The maximum absolute atomic E-state index is 10.9. The van der Waals surface area contributed by atoms with Gasteiger partial charge in [0.25, 0.3) is 0 Å². The Morgan fingerprint density at radius 1 is 1.58 bits per heavy atom. The van der Waals surface area contributed by atoms with Crippen LogP contribution in [-0.2, 0) is 0 Å². The molecule has 0 fully saturated rings. The van der Waals surface area contributed by atoms with Gasteiger partial charge in [0, 0.05) is 4.90 Å². The van der Waals surface area contributed by atoms with E-state index in [4.69, 9.17) is 22.0 Å². The molecule has 2 aromatic rings. The summed E-state index contributed by atoms with van der Waals surface area (Å²) < 4.78 is 0.613. The standard InChI is InChI=1S/C12H7ClN2O2S2/c1-6-10(11(16)17)19-12(15-6)18-9-3-2-7(5-14)4-8(9)13/h2-4H,1H3,(H,16,17). The number of carbonyl (C=O) groups is 1. The van der Waals surface area contributed by atoms with E-state index in [1.165, 1.54) is 11.8 Å². The van der Waals surface area contributed by atoms with Crippen molar-refractivity contribution in [1.82, 2.24) is 4.98 Å². The number of nitrogens with zero attached hydrogens (tertiary/aromatic N) is 2. The lowest BCUT2D eigenvalue weighted by Crippen LogP contribution is -1.94. The number of rotatable bonds is 3. The Morgan fingerprint density at radius 2 is 2.32 bits per heavy atom. The fraction of sp³-hybridized carbons (Fsp3) is 0.0833. The Kier molecular flexibility index (Phi) is 4.10. The molecule has 1 N–H and O–H groups in total. The van der Waals surface area contributed by atoms with Crippen molar-refractivity contribution in [3.63, 3.8) is 0 Å². The summed E-state index contributed by atoms with van der Waals surface area (Å²) in [6.45, 7) is 1.66. The molecule has 0 atom stereocenters. The van der Waals surface area contributed by atoms with Crippen molar-refractivity contribution in [3.8, 4) is 6.07 Å². The third-order valence-corrected chi connectivity index (χ3v) is 4.94. The topological polar surface area (TPSA) is 74.0 Å². The van der Waals surface area contributed by atoms with Crippen LogP contribution in [0.4, 0.5) is 0 Å². The van der Waals surface area contributed by atoms with Gasteiger partial charge in [-0.1, -0.05) is 23.4 Å². The average Bonchev–Trinajstić information content (AvgIpc) is 2.73. The number of halogens is 1. The molecule has 0 aliphatic heterocycles. The van der Waals surface area contributed by atoms with Crippen LogP contribution in [0, 0.1) is 18.3 Å². The van der Waals surface area contributed by atoms with Crippen LogP contribution in [0.3, 0.4) is 0 Å². The Morgan fingerprint density at radius 3 is 2.84 bits per heavy atom. The van der Waals surface area contributed by atoms with Crippen LogP contribution in [-0.4, -0.2) is 16.1 Å². The average molecular weight is 311 g/mol. The van der Waals surface area contributed by atoms with E-state index in [0.29, 0.717) is 20.6 Å². The van der Waals surface area contributed by atoms with Crippen LogP contribution in [0.25, 0.3) is 0 Å². The number of hydrogen-bond acceptors (Lipinski definition) is 5. The second-order valence-corrected chi connectivity index (χ2v) is 6.25. The number of hydrogen-bond donors (Lipinski definition) is 1. The summed E-state index contributed by atoms with van der Waals surface area (Å²) in [4.78, 5) is 16.1. The van der Waals surface area contributed by atoms with Gasteiger partial charge in [0.05, 0.1) is 22.3 Å². The molecule has 19 heavy (non-hydrogen) atoms. The zero-order valence-electron chi connectivity index (χ0n) is 9.68. The second-order valence-electron chi connectivity index (χ2n) is 3.56. The van der Waals surface area contributed by atoms with Crippen LogP contribution >= 0.6 is 34.7 Å². The SMILES string of the molecule is Cc1nc(Sc2ccc(C#N)cc2Cl)sc1C(=O)O. The number of benzene rings is 1. The van der Waals surface area contributed by atoms with Crippen molar-refractivity contribution >= 4 is 40.7 Å². The van der Waals surface area contributed by atoms with Gasteiger partial charge in [-0.05, 0) is 25.1 Å². The zero-order valence-corrected chi connectivity index (χ0v) is 12.1. The Labute approximate surface area is 122 Å². The summed E-state index contributed by atoms with van der Waals surface area (Å²) in [7, 11) is 0. The second kappa shape index (κ2) is 5.61. The summed E-state index contributed by atoms with van der Waals surface area (Å²) in [5.74, 6) is -0.979. The number of aromatic nitrogens is 1. The van der Waals surface area contributed by atoms with Crippen molar-refractivity contribution in [2.24, 2.45) is 0 Å². The zero-order chi connectivity index (χ0) is 14.0. The van der Waals surface area contributed by atoms with Crippen molar-refractivity contribution in [2.45, 2.75) is 16.2 Å². The molecule has 96 valence electrons. The predicted octanol–water partition coefficient (Wildman–Crippen LogP) is 3.83. The van der Waals surface area contributed by atoms with Gasteiger partial charge in [0.2, 0.25) is 0 Å². The van der Waals surface area contributed by atoms with Crippen LogP contribution in [0.1, 0.15) is 20.9 Å². The van der Waals surface area contributed by atoms with Crippen molar-refractivity contribution < 1.29 is 9.90 Å². The van der Waals surface area contributed by atoms with Gasteiger partial charge in [-0.2, -0.15) is 5.26 Å². The van der Waals surface area contributed by atoms with E-state index < -0.39 is 5.97 Å². The number of carboxylic acid groups (broad SMARTS) is 1. The highest BCUT2D eigenvalue weighted by Crippen LogP contribution is 2.36. The molecule has 0 spiro atoms. The first kappa shape index (κ1) is 13.9. The van der Waals surface area contributed by atoms with Crippen molar-refractivity contribution in [3.05, 3.63) is 39.4 Å². The Balaban J connectivity index is 2.29. The van der Waals surface area contributed by atoms with Gasteiger partial charge in [-0.3, -0.25) is 0 Å². The number of carboxylic acids is 1. The molecular formula is C12H7ClN2O2S2. The fourth-order valence-electron chi connectivity index (χ4n) is 1.36. The lowest BCUT2D eigenvalue weighted by Gasteiger charge is -2.00. The summed E-state index contributed by atoms with van der Waals surface area (Å²) >= 11 is 8.45. The van der Waals surface area contributed by atoms with Crippen molar-refractivity contribution in [1.29, 1.82) is 5.26 Å². The largest absolute Gasteiger partial charge is 0.477 e. The van der Waals surface area contributed by atoms with Crippen LogP contribution in [0.15, 0.2) is 27.4 Å². The minimum absolute atomic E-state index is 0.229. The molecule has 0 aliphatic rings. The quantitative estimate of drug-likeness (QED) is 0.932. The number of aryl methyl sites for hydroxylation is 1. The molecule has 0 unspecified atom stereocenters. The number of thiazole rings is 1. The summed E-state index contributed by atoms with van der Waals surface area (Å²) in [6.07, 6.45) is 0. The van der Waals surface area contributed by atoms with Gasteiger partial charge in [-0.15, -0.1) is 11.3 Å². The number of nitriles is 1. The number of aromatic carboxylic acids is 1. The summed E-state index contributed by atoms with van der Waals surface area (Å²) in [5.41, 5.74) is 0.973. The maximum Gasteiger partial charge on any atom is 0.347 e. The lowest BCUT2D eigenvalue weighted by molar-refractivity contribution is 0.0701. The normalized spacial score (nSPS) is 10.2. The van der Waals surface area contributed by atoms with E-state index in [2.05, 4.69) is 4.98 Å². The Hall–Kier alpha value is -1.55.